The van der Waals surface area contributed by atoms with Crippen molar-refractivity contribution in [3.8, 4) is 34.3 Å². The molecule has 0 saturated carbocycles. The van der Waals surface area contributed by atoms with Crippen molar-refractivity contribution >= 4 is 71.1 Å². The van der Waals surface area contributed by atoms with E-state index in [-0.39, 0.29) is 0 Å². The number of nitrogens with zero attached hydrogens (tertiary/aromatic N) is 5. The summed E-state index contributed by atoms with van der Waals surface area (Å²) in [5.74, 6) is 0. The van der Waals surface area contributed by atoms with Crippen molar-refractivity contribution in [2.75, 3.05) is 0 Å². The van der Waals surface area contributed by atoms with Gasteiger partial charge in [0, 0.05) is 43.7 Å². The van der Waals surface area contributed by atoms with E-state index >= 15 is 0 Å². The highest BCUT2D eigenvalue weighted by Gasteiger charge is 2.23. The summed E-state index contributed by atoms with van der Waals surface area (Å²) in [6, 6.07) is 63.6. The topological polar surface area (TPSA) is 42.9 Å². The predicted octanol–water partition coefficient (Wildman–Crippen LogP) is 13.1. The molecule has 0 aliphatic rings. The van der Waals surface area contributed by atoms with Crippen LogP contribution in [0, 0.1) is 17.9 Å². The van der Waals surface area contributed by atoms with Gasteiger partial charge in [-0.3, -0.25) is 0 Å². The highest BCUT2D eigenvalue weighted by Crippen LogP contribution is 2.43. The third kappa shape index (κ3) is 4.39. The fourth-order valence-corrected chi connectivity index (χ4v) is 8.82. The summed E-state index contributed by atoms with van der Waals surface area (Å²) in [5.41, 5.74) is 12.4. The van der Waals surface area contributed by atoms with E-state index < -0.39 is 0 Å². The summed E-state index contributed by atoms with van der Waals surface area (Å²) in [7, 11) is 0. The van der Waals surface area contributed by atoms with Crippen LogP contribution in [-0.4, -0.2) is 13.7 Å². The molecule has 254 valence electrons. The Hall–Kier alpha value is -7.86. The normalized spacial score (nSPS) is 11.6. The average Bonchev–Trinajstić information content (AvgIpc) is 3.89. The van der Waals surface area contributed by atoms with Crippen LogP contribution in [0.2, 0.25) is 0 Å². The average molecular weight is 700 g/mol. The molecule has 0 aliphatic carbocycles. The first kappa shape index (κ1) is 30.7. The van der Waals surface area contributed by atoms with E-state index in [1.54, 1.807) is 0 Å². The summed E-state index contributed by atoms with van der Waals surface area (Å²) in [5, 5.41) is 17.6. The second-order valence-electron chi connectivity index (χ2n) is 13.9. The summed E-state index contributed by atoms with van der Waals surface area (Å²) >= 11 is 0. The van der Waals surface area contributed by atoms with Gasteiger partial charge in [0.2, 0.25) is 0 Å². The van der Waals surface area contributed by atoms with Gasteiger partial charge in [0.05, 0.1) is 62.7 Å². The van der Waals surface area contributed by atoms with Crippen LogP contribution in [0.5, 0.6) is 0 Å². The molecule has 0 aliphatic heterocycles. The SMILES string of the molecule is [C-]#[N+]c1ccc2c(c1)c1cccc(-n3c4ccccc4c4ccccc43)c1n2-c1ccccc1-c1ccc(-n2c3ccccc3c3ccccc32)cc1C#N. The third-order valence-corrected chi connectivity index (χ3v) is 11.1. The van der Waals surface area contributed by atoms with Gasteiger partial charge in [0.1, 0.15) is 0 Å². The first-order valence-electron chi connectivity index (χ1n) is 18.3. The maximum Gasteiger partial charge on any atom is 0.188 e. The van der Waals surface area contributed by atoms with Crippen molar-refractivity contribution in [1.82, 2.24) is 13.7 Å². The largest absolute Gasteiger partial charge is 0.309 e. The zero-order valence-corrected chi connectivity index (χ0v) is 29.5. The zero-order chi connectivity index (χ0) is 36.6. The molecular weight excluding hydrogens is 671 g/mol. The van der Waals surface area contributed by atoms with Crippen molar-refractivity contribution in [2.24, 2.45) is 0 Å². The van der Waals surface area contributed by atoms with Crippen LogP contribution in [0.1, 0.15) is 5.56 Å². The Morgan fingerprint density at radius 1 is 0.418 bits per heavy atom. The molecule has 11 aromatic rings. The van der Waals surface area contributed by atoms with Gasteiger partial charge in [-0.1, -0.05) is 115 Å². The second-order valence-corrected chi connectivity index (χ2v) is 13.9. The maximum atomic E-state index is 10.8. The summed E-state index contributed by atoms with van der Waals surface area (Å²) < 4.78 is 6.94. The Labute approximate surface area is 316 Å². The second kappa shape index (κ2) is 11.8. The third-order valence-electron chi connectivity index (χ3n) is 11.1. The molecule has 5 nitrogen and oxygen atoms in total. The number of hydrogen-bond acceptors (Lipinski definition) is 1. The van der Waals surface area contributed by atoms with Crippen LogP contribution in [0.3, 0.4) is 0 Å². The molecule has 0 N–H and O–H groups in total. The van der Waals surface area contributed by atoms with Gasteiger partial charge in [0.25, 0.3) is 0 Å². The summed E-state index contributed by atoms with van der Waals surface area (Å²) in [4.78, 5) is 3.82. The Bertz CT molecular complexity index is 3360. The van der Waals surface area contributed by atoms with Crippen LogP contribution < -0.4 is 0 Å². The molecule has 3 aromatic heterocycles. The Balaban J connectivity index is 1.20. The molecule has 0 radical (unpaired) electrons. The van der Waals surface area contributed by atoms with E-state index in [4.69, 9.17) is 6.57 Å². The first-order chi connectivity index (χ1) is 27.2. The van der Waals surface area contributed by atoms with E-state index in [2.05, 4.69) is 176 Å². The van der Waals surface area contributed by atoms with Gasteiger partial charge in [-0.15, -0.1) is 0 Å². The summed E-state index contributed by atoms with van der Waals surface area (Å²) in [6.07, 6.45) is 0. The van der Waals surface area contributed by atoms with Crippen LogP contribution in [0.25, 0.3) is 98.5 Å². The molecule has 8 aromatic carbocycles. The van der Waals surface area contributed by atoms with Gasteiger partial charge in [-0.2, -0.15) is 5.26 Å². The molecule has 55 heavy (non-hydrogen) atoms. The van der Waals surface area contributed by atoms with Gasteiger partial charge in [-0.25, -0.2) is 4.85 Å². The highest BCUT2D eigenvalue weighted by atomic mass is 15.1. The van der Waals surface area contributed by atoms with Crippen molar-refractivity contribution in [3.63, 3.8) is 0 Å². The maximum absolute atomic E-state index is 10.8. The fraction of sp³-hybridized carbons (Fsp3) is 0. The zero-order valence-electron chi connectivity index (χ0n) is 29.5. The van der Waals surface area contributed by atoms with Crippen molar-refractivity contribution in [1.29, 1.82) is 5.26 Å². The van der Waals surface area contributed by atoms with E-state index in [1.165, 1.54) is 21.5 Å². The molecule has 5 heteroatoms. The van der Waals surface area contributed by atoms with E-state index in [0.717, 1.165) is 72.1 Å². The molecule has 0 atom stereocenters. The standard InChI is InChI=1S/C50H29N5/c1-52-33-25-28-48-42(30-33)41-18-12-24-49(54-45-21-9-5-16-39(45)40-17-6-10-22-46(40)54)50(41)55(48)47-23-11-2-13-36(47)35-27-26-34(29-32(35)31-51)53-43-19-7-3-14-37(43)38-15-4-8-20-44(38)53/h2-30H. The molecule has 11 rings (SSSR count). The number of aromatic nitrogens is 3. The molecular formula is C50H29N5. The number of hydrogen-bond donors (Lipinski definition) is 0. The van der Waals surface area contributed by atoms with E-state index in [0.29, 0.717) is 11.3 Å². The Morgan fingerprint density at radius 3 is 1.56 bits per heavy atom. The fourth-order valence-electron chi connectivity index (χ4n) is 8.82. The quantitative estimate of drug-likeness (QED) is 0.169. The van der Waals surface area contributed by atoms with Crippen molar-refractivity contribution < 1.29 is 0 Å². The predicted molar refractivity (Wildman–Crippen MR) is 226 cm³/mol. The summed E-state index contributed by atoms with van der Waals surface area (Å²) in [6.45, 7) is 7.87. The minimum atomic E-state index is 0.588. The lowest BCUT2D eigenvalue weighted by atomic mass is 9.97. The van der Waals surface area contributed by atoms with Gasteiger partial charge in [0.15, 0.2) is 5.69 Å². The van der Waals surface area contributed by atoms with Crippen LogP contribution in [-0.2, 0) is 0 Å². The smallest absolute Gasteiger partial charge is 0.188 e. The number of fused-ring (bicyclic) bond motifs is 9. The lowest BCUT2D eigenvalue weighted by Gasteiger charge is -2.18. The van der Waals surface area contributed by atoms with Crippen molar-refractivity contribution in [3.05, 3.63) is 193 Å². The first-order valence-corrected chi connectivity index (χ1v) is 18.3. The molecule has 0 spiro atoms. The minimum absolute atomic E-state index is 0.588. The van der Waals surface area contributed by atoms with Gasteiger partial charge < -0.3 is 13.7 Å². The van der Waals surface area contributed by atoms with Crippen LogP contribution in [0.4, 0.5) is 5.69 Å². The van der Waals surface area contributed by atoms with Crippen LogP contribution in [0.15, 0.2) is 176 Å². The van der Waals surface area contributed by atoms with Crippen molar-refractivity contribution in [2.45, 2.75) is 0 Å². The molecule has 0 bridgehead atoms. The molecule has 0 unspecified atom stereocenters. The highest BCUT2D eigenvalue weighted by molar-refractivity contribution is 6.16. The van der Waals surface area contributed by atoms with E-state index in [9.17, 15) is 5.26 Å². The molecule has 0 saturated heterocycles. The number of nitriles is 1. The van der Waals surface area contributed by atoms with E-state index in [1.807, 2.05) is 24.3 Å². The molecule has 0 amide bonds. The lowest BCUT2D eigenvalue weighted by molar-refractivity contribution is 1.13. The van der Waals surface area contributed by atoms with Gasteiger partial charge in [-0.05, 0) is 66.0 Å². The minimum Gasteiger partial charge on any atom is -0.309 e. The number of rotatable bonds is 4. The van der Waals surface area contributed by atoms with Crippen LogP contribution >= 0.6 is 0 Å². The number of benzene rings is 8. The lowest BCUT2D eigenvalue weighted by Crippen LogP contribution is -2.03. The number of para-hydroxylation sites is 6. The van der Waals surface area contributed by atoms with Gasteiger partial charge >= 0.3 is 0 Å². The monoisotopic (exact) mass is 699 g/mol. The Kier molecular flexibility index (Phi) is 6.61. The Morgan fingerprint density at radius 2 is 0.945 bits per heavy atom. The molecule has 3 heterocycles. The molecule has 0 fully saturated rings.